The molecule has 2 heterocycles. The first-order chi connectivity index (χ1) is 13.2. The van der Waals surface area contributed by atoms with Gasteiger partial charge in [0, 0.05) is 25.3 Å². The molecule has 2 saturated heterocycles. The van der Waals surface area contributed by atoms with Gasteiger partial charge in [-0.1, -0.05) is 31.5 Å². The van der Waals surface area contributed by atoms with Gasteiger partial charge in [-0.3, -0.25) is 14.5 Å². The van der Waals surface area contributed by atoms with Crippen molar-refractivity contribution in [2.75, 3.05) is 31.5 Å². The molecule has 0 aromatic heterocycles. The molecule has 7 heteroatoms. The molecule has 0 aliphatic carbocycles. The summed E-state index contributed by atoms with van der Waals surface area (Å²) in [5.41, 5.74) is 1.89. The Labute approximate surface area is 166 Å². The van der Waals surface area contributed by atoms with Crippen LogP contribution in [0, 0.1) is 19.8 Å². The van der Waals surface area contributed by atoms with E-state index in [0.29, 0.717) is 24.4 Å². The van der Waals surface area contributed by atoms with Gasteiger partial charge in [0.2, 0.25) is 5.91 Å². The van der Waals surface area contributed by atoms with E-state index < -0.39 is 11.6 Å². The minimum absolute atomic E-state index is 0.268. The van der Waals surface area contributed by atoms with Gasteiger partial charge < -0.3 is 15.5 Å². The van der Waals surface area contributed by atoms with Crippen LogP contribution in [0.25, 0.3) is 0 Å². The molecule has 2 N–H and O–H groups in total. The van der Waals surface area contributed by atoms with Gasteiger partial charge >= 0.3 is 6.03 Å². The minimum atomic E-state index is -0.857. The Morgan fingerprint density at radius 1 is 1.21 bits per heavy atom. The third-order valence-electron chi connectivity index (χ3n) is 5.54. The second-order valence-electron chi connectivity index (χ2n) is 8.46. The lowest BCUT2D eigenvalue weighted by atomic mass is 9.87. The molecule has 0 saturated carbocycles. The van der Waals surface area contributed by atoms with Gasteiger partial charge in [-0.15, -0.1) is 0 Å². The van der Waals surface area contributed by atoms with Crippen LogP contribution in [-0.2, 0) is 9.59 Å². The smallest absolute Gasteiger partial charge is 0.324 e. The Balaban J connectivity index is 1.62. The predicted molar refractivity (Wildman–Crippen MR) is 108 cm³/mol. The summed E-state index contributed by atoms with van der Waals surface area (Å²) in [7, 11) is 0. The predicted octanol–water partition coefficient (Wildman–Crippen LogP) is 2.28. The molecule has 0 bridgehead atoms. The van der Waals surface area contributed by atoms with Crippen molar-refractivity contribution >= 4 is 23.5 Å². The van der Waals surface area contributed by atoms with E-state index in [1.54, 1.807) is 0 Å². The first-order valence-corrected chi connectivity index (χ1v) is 9.94. The quantitative estimate of drug-likeness (QED) is 0.761. The van der Waals surface area contributed by atoms with Crippen LogP contribution in [-0.4, -0.2) is 59.4 Å². The number of piperidine rings is 1. The van der Waals surface area contributed by atoms with Gasteiger partial charge in [0.1, 0.15) is 12.1 Å². The van der Waals surface area contributed by atoms with E-state index in [1.807, 2.05) is 32.0 Å². The number of likely N-dealkylation sites (tertiary alicyclic amines) is 1. The van der Waals surface area contributed by atoms with Crippen LogP contribution in [0.2, 0.25) is 0 Å². The summed E-state index contributed by atoms with van der Waals surface area (Å²) >= 11 is 0. The Bertz CT molecular complexity index is 782. The number of nitrogens with zero attached hydrogens (tertiary/aromatic N) is 2. The molecule has 0 atom stereocenters. The van der Waals surface area contributed by atoms with Crippen molar-refractivity contribution < 1.29 is 14.4 Å². The largest absolute Gasteiger partial charge is 0.325 e. The van der Waals surface area contributed by atoms with Gasteiger partial charge in [-0.05, 0) is 44.2 Å². The Hall–Kier alpha value is -2.41. The number of amides is 4. The molecular formula is C21H30N4O3. The molecule has 2 aliphatic heterocycles. The summed E-state index contributed by atoms with van der Waals surface area (Å²) in [5.74, 6) is -0.0874. The highest BCUT2D eigenvalue weighted by Gasteiger charge is 2.52. The van der Waals surface area contributed by atoms with Crippen LogP contribution < -0.4 is 10.6 Å². The molecule has 1 spiro atoms. The maximum absolute atomic E-state index is 13.0. The van der Waals surface area contributed by atoms with Gasteiger partial charge in [0.15, 0.2) is 0 Å². The van der Waals surface area contributed by atoms with Crippen LogP contribution >= 0.6 is 0 Å². The summed E-state index contributed by atoms with van der Waals surface area (Å²) < 4.78 is 0. The van der Waals surface area contributed by atoms with Crippen LogP contribution in [0.15, 0.2) is 18.2 Å². The molecule has 1 aromatic rings. The summed E-state index contributed by atoms with van der Waals surface area (Å²) in [6.07, 6.45) is 1.17. The van der Waals surface area contributed by atoms with E-state index in [-0.39, 0.29) is 18.4 Å². The lowest BCUT2D eigenvalue weighted by Gasteiger charge is -2.37. The zero-order chi connectivity index (χ0) is 20.5. The SMILES string of the molecule is Cc1ccc(NC(=O)CN2C(=O)NC3(CCN(CC(C)C)CC3)C2=O)c(C)c1. The molecule has 0 unspecified atom stereocenters. The molecule has 3 rings (SSSR count). The number of nitrogens with one attached hydrogen (secondary N) is 2. The monoisotopic (exact) mass is 386 g/mol. The molecule has 1 aromatic carbocycles. The second-order valence-corrected chi connectivity index (χ2v) is 8.46. The fourth-order valence-corrected chi connectivity index (χ4v) is 4.08. The first-order valence-electron chi connectivity index (χ1n) is 9.94. The second kappa shape index (κ2) is 7.91. The minimum Gasteiger partial charge on any atom is -0.324 e. The van der Waals surface area contributed by atoms with Crippen molar-refractivity contribution in [1.29, 1.82) is 0 Å². The van der Waals surface area contributed by atoms with Gasteiger partial charge in [-0.25, -0.2) is 4.79 Å². The third-order valence-corrected chi connectivity index (χ3v) is 5.54. The zero-order valence-corrected chi connectivity index (χ0v) is 17.2. The standard InChI is InChI=1S/C21H30N4O3/c1-14(2)12-24-9-7-21(8-10-24)19(27)25(20(28)23-21)13-18(26)22-17-6-5-15(3)11-16(17)4/h5-6,11,14H,7-10,12-13H2,1-4H3,(H,22,26)(H,23,28). The average molecular weight is 386 g/mol. The highest BCUT2D eigenvalue weighted by atomic mass is 16.2. The van der Waals surface area contributed by atoms with Crippen LogP contribution in [0.3, 0.4) is 0 Å². The van der Waals surface area contributed by atoms with Gasteiger partial charge in [0.05, 0.1) is 0 Å². The van der Waals surface area contributed by atoms with Crippen molar-refractivity contribution in [3.05, 3.63) is 29.3 Å². The zero-order valence-electron chi connectivity index (χ0n) is 17.2. The van der Waals surface area contributed by atoms with Crippen LogP contribution in [0.5, 0.6) is 0 Å². The fourth-order valence-electron chi connectivity index (χ4n) is 4.08. The Morgan fingerprint density at radius 2 is 1.89 bits per heavy atom. The number of anilines is 1. The number of aryl methyl sites for hydroxylation is 2. The number of urea groups is 1. The molecule has 2 aliphatic rings. The Morgan fingerprint density at radius 3 is 2.50 bits per heavy atom. The lowest BCUT2D eigenvalue weighted by molar-refractivity contribution is -0.135. The van der Waals surface area contributed by atoms with Crippen molar-refractivity contribution in [1.82, 2.24) is 15.1 Å². The number of hydrogen-bond acceptors (Lipinski definition) is 4. The summed E-state index contributed by atoms with van der Waals surface area (Å²) in [6.45, 7) is 10.5. The van der Waals surface area contributed by atoms with Crippen molar-refractivity contribution in [2.45, 2.75) is 46.1 Å². The summed E-state index contributed by atoms with van der Waals surface area (Å²) in [5, 5.41) is 5.67. The normalized spacial score (nSPS) is 19.4. The van der Waals surface area contributed by atoms with Crippen molar-refractivity contribution in [2.24, 2.45) is 5.92 Å². The third kappa shape index (κ3) is 4.19. The molecule has 2 fully saturated rings. The van der Waals surface area contributed by atoms with E-state index >= 15 is 0 Å². The van der Waals surface area contributed by atoms with E-state index in [2.05, 4.69) is 29.4 Å². The molecule has 0 radical (unpaired) electrons. The molecular weight excluding hydrogens is 356 g/mol. The highest BCUT2D eigenvalue weighted by Crippen LogP contribution is 2.29. The van der Waals surface area contributed by atoms with Crippen LogP contribution in [0.4, 0.5) is 10.5 Å². The number of carbonyl (C=O) groups excluding carboxylic acids is 3. The van der Waals surface area contributed by atoms with Crippen LogP contribution in [0.1, 0.15) is 37.8 Å². The average Bonchev–Trinajstić information content (AvgIpc) is 2.83. The maximum Gasteiger partial charge on any atom is 0.325 e. The number of benzene rings is 1. The summed E-state index contributed by atoms with van der Waals surface area (Å²) in [4.78, 5) is 41.2. The van der Waals surface area contributed by atoms with Crippen molar-refractivity contribution in [3.8, 4) is 0 Å². The number of rotatable bonds is 5. The number of imide groups is 1. The number of carbonyl (C=O) groups is 3. The fraction of sp³-hybridized carbons (Fsp3) is 0.571. The van der Waals surface area contributed by atoms with E-state index in [9.17, 15) is 14.4 Å². The van der Waals surface area contributed by atoms with Crippen molar-refractivity contribution in [3.63, 3.8) is 0 Å². The van der Waals surface area contributed by atoms with E-state index in [1.165, 1.54) is 0 Å². The van der Waals surface area contributed by atoms with Gasteiger partial charge in [-0.2, -0.15) is 0 Å². The van der Waals surface area contributed by atoms with Gasteiger partial charge in [0.25, 0.3) is 5.91 Å². The topological polar surface area (TPSA) is 81.8 Å². The maximum atomic E-state index is 13.0. The first kappa shape index (κ1) is 20.3. The lowest BCUT2D eigenvalue weighted by Crippen LogP contribution is -2.55. The van der Waals surface area contributed by atoms with E-state index in [4.69, 9.17) is 0 Å². The molecule has 28 heavy (non-hydrogen) atoms. The molecule has 152 valence electrons. The van der Waals surface area contributed by atoms with E-state index in [0.717, 1.165) is 35.7 Å². The number of hydrogen-bond donors (Lipinski definition) is 2. The summed E-state index contributed by atoms with van der Waals surface area (Å²) in [6, 6.07) is 5.25. The molecule has 7 nitrogen and oxygen atoms in total. The molecule has 4 amide bonds. The highest BCUT2D eigenvalue weighted by molar-refractivity contribution is 6.10. The Kier molecular flexibility index (Phi) is 5.74.